The lowest BCUT2D eigenvalue weighted by molar-refractivity contribution is -0.141. The lowest BCUT2D eigenvalue weighted by Crippen LogP contribution is -2.44. The second kappa shape index (κ2) is 3.89. The Morgan fingerprint density at radius 2 is 2.31 bits per heavy atom. The van der Waals surface area contributed by atoms with Gasteiger partial charge in [0.2, 0.25) is 0 Å². The molecule has 3 N–H and O–H groups in total. The number of likely N-dealkylation sites (tertiary alicyclic amines) is 1. The minimum atomic E-state index is -0.950. The number of hydrogen-bond donors (Lipinski definition) is 3. The first kappa shape index (κ1) is 10.2. The summed E-state index contributed by atoms with van der Waals surface area (Å²) in [5.41, 5.74) is 0. The molecular weight excluding hydrogens is 192 g/mol. The van der Waals surface area contributed by atoms with Gasteiger partial charge in [0.1, 0.15) is 6.04 Å². The molecule has 0 spiro atoms. The highest BCUT2D eigenvalue weighted by atomic mass is 32.1. The van der Waals surface area contributed by atoms with Gasteiger partial charge in [0, 0.05) is 20.0 Å². The molecule has 1 saturated heterocycles. The van der Waals surface area contributed by atoms with Crippen LogP contribution in [-0.2, 0) is 4.79 Å². The molecule has 1 aliphatic rings. The van der Waals surface area contributed by atoms with E-state index in [9.17, 15) is 9.90 Å². The lowest BCUT2D eigenvalue weighted by Gasteiger charge is -2.22. The second-order valence-corrected chi connectivity index (χ2v) is 3.34. The summed E-state index contributed by atoms with van der Waals surface area (Å²) in [6.45, 7) is 0.288. The minimum Gasteiger partial charge on any atom is -0.480 e. The van der Waals surface area contributed by atoms with E-state index < -0.39 is 18.1 Å². The van der Waals surface area contributed by atoms with Crippen molar-refractivity contribution in [2.45, 2.75) is 18.6 Å². The number of nitrogens with one attached hydrogen (secondary N) is 1. The fourth-order valence-corrected chi connectivity index (χ4v) is 1.62. The van der Waals surface area contributed by atoms with Gasteiger partial charge in [-0.2, -0.15) is 0 Å². The number of carboxylic acid groups (broad SMARTS) is 1. The summed E-state index contributed by atoms with van der Waals surface area (Å²) >= 11 is 4.90. The van der Waals surface area contributed by atoms with Crippen molar-refractivity contribution >= 4 is 23.3 Å². The van der Waals surface area contributed by atoms with Gasteiger partial charge in [-0.05, 0) is 12.2 Å². The van der Waals surface area contributed by atoms with Crippen molar-refractivity contribution in [1.82, 2.24) is 10.2 Å². The number of aliphatic hydroxyl groups is 1. The number of carbonyl (C=O) groups is 1. The van der Waals surface area contributed by atoms with Crippen LogP contribution in [0, 0.1) is 0 Å². The Bertz CT molecular complexity index is 234. The zero-order valence-electron chi connectivity index (χ0n) is 7.23. The largest absolute Gasteiger partial charge is 0.480 e. The molecule has 1 heterocycles. The maximum Gasteiger partial charge on any atom is 0.326 e. The number of β-amino-alcohol motifs (C(OH)–C–C–N with tert-alkyl or cyclic N) is 1. The highest BCUT2D eigenvalue weighted by Gasteiger charge is 2.36. The van der Waals surface area contributed by atoms with Gasteiger partial charge in [-0.15, -0.1) is 0 Å². The van der Waals surface area contributed by atoms with E-state index in [-0.39, 0.29) is 13.0 Å². The zero-order chi connectivity index (χ0) is 10.0. The Balaban J connectivity index is 2.71. The molecule has 13 heavy (non-hydrogen) atoms. The summed E-state index contributed by atoms with van der Waals surface area (Å²) in [5, 5.41) is 21.1. The average molecular weight is 204 g/mol. The van der Waals surface area contributed by atoms with E-state index in [2.05, 4.69) is 5.32 Å². The molecular formula is C7H12N2O3S. The van der Waals surface area contributed by atoms with Gasteiger partial charge >= 0.3 is 5.97 Å². The van der Waals surface area contributed by atoms with Crippen LogP contribution in [0.4, 0.5) is 0 Å². The zero-order valence-corrected chi connectivity index (χ0v) is 8.04. The highest BCUT2D eigenvalue weighted by Crippen LogP contribution is 2.17. The summed E-state index contributed by atoms with van der Waals surface area (Å²) in [5.74, 6) is -0.950. The van der Waals surface area contributed by atoms with Crippen molar-refractivity contribution in [3.05, 3.63) is 0 Å². The third-order valence-electron chi connectivity index (χ3n) is 2.04. The molecule has 5 nitrogen and oxygen atoms in total. The Labute approximate surface area is 81.3 Å². The maximum absolute atomic E-state index is 10.7. The molecule has 1 fully saturated rings. The SMILES string of the molecule is CNC(=S)N1C[C@H](O)CC1C(=O)O. The monoisotopic (exact) mass is 204 g/mol. The summed E-state index contributed by atoms with van der Waals surface area (Å²) in [4.78, 5) is 12.2. The third-order valence-corrected chi connectivity index (χ3v) is 2.48. The van der Waals surface area contributed by atoms with E-state index in [0.29, 0.717) is 5.11 Å². The Kier molecular flexibility index (Phi) is 3.05. The number of rotatable bonds is 1. The van der Waals surface area contributed by atoms with E-state index >= 15 is 0 Å². The van der Waals surface area contributed by atoms with Gasteiger partial charge in [-0.25, -0.2) is 4.79 Å². The molecule has 0 aromatic carbocycles. The first-order valence-electron chi connectivity index (χ1n) is 3.95. The first-order valence-corrected chi connectivity index (χ1v) is 4.36. The van der Waals surface area contributed by atoms with Crippen molar-refractivity contribution in [2.75, 3.05) is 13.6 Å². The topological polar surface area (TPSA) is 72.8 Å². The molecule has 0 aromatic heterocycles. The van der Waals surface area contributed by atoms with Crippen molar-refractivity contribution in [2.24, 2.45) is 0 Å². The molecule has 0 saturated carbocycles. The molecule has 0 aromatic rings. The van der Waals surface area contributed by atoms with Crippen LogP contribution in [0.15, 0.2) is 0 Å². The van der Waals surface area contributed by atoms with Gasteiger partial charge < -0.3 is 20.4 Å². The van der Waals surface area contributed by atoms with E-state index in [1.807, 2.05) is 0 Å². The van der Waals surface area contributed by atoms with Gasteiger partial charge in [-0.1, -0.05) is 0 Å². The fraction of sp³-hybridized carbons (Fsp3) is 0.714. The van der Waals surface area contributed by atoms with Gasteiger partial charge in [0.15, 0.2) is 5.11 Å². The molecule has 2 atom stereocenters. The number of carboxylic acids is 1. The predicted octanol–water partition coefficient (Wildman–Crippen LogP) is -0.989. The molecule has 6 heteroatoms. The maximum atomic E-state index is 10.7. The van der Waals surface area contributed by atoms with Crippen LogP contribution < -0.4 is 5.32 Å². The Morgan fingerprint density at radius 1 is 1.69 bits per heavy atom. The number of nitrogens with zero attached hydrogens (tertiary/aromatic N) is 1. The quantitative estimate of drug-likeness (QED) is 0.476. The number of aliphatic hydroxyl groups excluding tert-OH is 1. The van der Waals surface area contributed by atoms with Crippen LogP contribution in [0.3, 0.4) is 0 Å². The van der Waals surface area contributed by atoms with Gasteiger partial charge in [0.05, 0.1) is 6.10 Å². The van der Waals surface area contributed by atoms with Crippen molar-refractivity contribution < 1.29 is 15.0 Å². The van der Waals surface area contributed by atoms with Crippen molar-refractivity contribution in [3.8, 4) is 0 Å². The number of hydrogen-bond acceptors (Lipinski definition) is 3. The molecule has 1 rings (SSSR count). The molecule has 0 amide bonds. The van der Waals surface area contributed by atoms with Crippen LogP contribution >= 0.6 is 12.2 Å². The van der Waals surface area contributed by atoms with Crippen LogP contribution in [0.2, 0.25) is 0 Å². The Morgan fingerprint density at radius 3 is 2.77 bits per heavy atom. The standard InChI is InChI=1S/C7H12N2O3S/c1-8-7(13)9-3-4(10)2-5(9)6(11)12/h4-5,10H,2-3H2,1H3,(H,8,13)(H,11,12)/t4-,5?/m1/s1. The third kappa shape index (κ3) is 2.07. The summed E-state index contributed by atoms with van der Waals surface area (Å²) < 4.78 is 0. The average Bonchev–Trinajstić information content (AvgIpc) is 2.46. The minimum absolute atomic E-state index is 0.233. The van der Waals surface area contributed by atoms with E-state index in [0.717, 1.165) is 0 Å². The second-order valence-electron chi connectivity index (χ2n) is 2.95. The van der Waals surface area contributed by atoms with Gasteiger partial charge in [-0.3, -0.25) is 0 Å². The highest BCUT2D eigenvalue weighted by molar-refractivity contribution is 7.80. The van der Waals surface area contributed by atoms with Crippen LogP contribution in [0.5, 0.6) is 0 Å². The van der Waals surface area contributed by atoms with Crippen molar-refractivity contribution in [3.63, 3.8) is 0 Å². The molecule has 1 unspecified atom stereocenters. The van der Waals surface area contributed by atoms with Crippen LogP contribution in [0.1, 0.15) is 6.42 Å². The van der Waals surface area contributed by atoms with E-state index in [1.54, 1.807) is 7.05 Å². The summed E-state index contributed by atoms with van der Waals surface area (Å²) in [6.07, 6.45) is -0.371. The van der Waals surface area contributed by atoms with Crippen molar-refractivity contribution in [1.29, 1.82) is 0 Å². The molecule has 0 bridgehead atoms. The first-order chi connectivity index (χ1) is 6.06. The molecule has 1 aliphatic heterocycles. The number of aliphatic carboxylic acids is 1. The fourth-order valence-electron chi connectivity index (χ4n) is 1.42. The molecule has 0 radical (unpaired) electrons. The molecule has 74 valence electrons. The van der Waals surface area contributed by atoms with Crippen LogP contribution in [-0.4, -0.2) is 51.9 Å². The Hall–Kier alpha value is -0.880. The molecule has 0 aliphatic carbocycles. The number of thiocarbonyl (C=S) groups is 1. The summed E-state index contributed by atoms with van der Waals surface area (Å²) in [6, 6.07) is -0.699. The van der Waals surface area contributed by atoms with E-state index in [1.165, 1.54) is 4.90 Å². The lowest BCUT2D eigenvalue weighted by atomic mass is 10.2. The predicted molar refractivity (Wildman–Crippen MR) is 50.4 cm³/mol. The van der Waals surface area contributed by atoms with Crippen LogP contribution in [0.25, 0.3) is 0 Å². The normalized spacial score (nSPS) is 27.4. The smallest absolute Gasteiger partial charge is 0.326 e. The van der Waals surface area contributed by atoms with E-state index in [4.69, 9.17) is 17.3 Å². The van der Waals surface area contributed by atoms with Gasteiger partial charge in [0.25, 0.3) is 0 Å². The summed E-state index contributed by atoms with van der Waals surface area (Å²) in [7, 11) is 1.63.